The van der Waals surface area contributed by atoms with Gasteiger partial charge in [-0.3, -0.25) is 4.79 Å². The molecule has 0 aromatic heterocycles. The van der Waals surface area contributed by atoms with Crippen molar-refractivity contribution in [1.29, 1.82) is 0 Å². The van der Waals surface area contributed by atoms with Gasteiger partial charge in [0.2, 0.25) is 0 Å². The van der Waals surface area contributed by atoms with Crippen molar-refractivity contribution in [2.75, 3.05) is 6.54 Å². The fourth-order valence-electron chi connectivity index (χ4n) is 2.90. The molecule has 2 rings (SSSR count). The fraction of sp³-hybridized carbons (Fsp3) is 0.588. The zero-order valence-corrected chi connectivity index (χ0v) is 14.0. The van der Waals surface area contributed by atoms with Gasteiger partial charge in [0, 0.05) is 16.9 Å². The van der Waals surface area contributed by atoms with Crippen LogP contribution >= 0.6 is 15.9 Å². The molecular weight excluding hydrogens is 314 g/mol. The molecule has 1 aliphatic heterocycles. The first kappa shape index (κ1) is 15.6. The molecule has 0 fully saturated rings. The standard InChI is InChI=1S/C17H24BrNO/c1-3-5-6-12(4-2)16(18)14-8-7-13-9-10-19-17(20)15(13)11-14/h7-8,11-12,16H,3-6,9-10H2,1-2H3,(H,19,20). The molecule has 0 saturated carbocycles. The number of halogens is 1. The molecule has 1 aromatic carbocycles. The van der Waals surface area contributed by atoms with Crippen molar-refractivity contribution >= 4 is 21.8 Å². The van der Waals surface area contributed by atoms with Crippen LogP contribution in [0.15, 0.2) is 18.2 Å². The summed E-state index contributed by atoms with van der Waals surface area (Å²) >= 11 is 3.86. The Morgan fingerprint density at radius 2 is 2.15 bits per heavy atom. The largest absolute Gasteiger partial charge is 0.352 e. The molecule has 0 aliphatic carbocycles. The summed E-state index contributed by atoms with van der Waals surface area (Å²) in [7, 11) is 0. The molecule has 0 spiro atoms. The van der Waals surface area contributed by atoms with Gasteiger partial charge in [0.15, 0.2) is 0 Å². The predicted octanol–water partition coefficient (Wildman–Crippen LogP) is 4.62. The highest BCUT2D eigenvalue weighted by Crippen LogP contribution is 2.37. The van der Waals surface area contributed by atoms with Crippen LogP contribution in [-0.2, 0) is 6.42 Å². The number of carbonyl (C=O) groups is 1. The number of unbranched alkanes of at least 4 members (excludes halogenated alkanes) is 1. The van der Waals surface area contributed by atoms with Crippen molar-refractivity contribution in [1.82, 2.24) is 5.32 Å². The zero-order chi connectivity index (χ0) is 14.5. The monoisotopic (exact) mass is 337 g/mol. The van der Waals surface area contributed by atoms with E-state index in [0.29, 0.717) is 10.7 Å². The van der Waals surface area contributed by atoms with Crippen molar-refractivity contribution in [2.45, 2.75) is 50.8 Å². The minimum Gasteiger partial charge on any atom is -0.352 e. The summed E-state index contributed by atoms with van der Waals surface area (Å²) < 4.78 is 0. The van der Waals surface area contributed by atoms with Crippen molar-refractivity contribution in [3.05, 3.63) is 34.9 Å². The van der Waals surface area contributed by atoms with Crippen LogP contribution in [0.4, 0.5) is 0 Å². The molecular formula is C17H24BrNO. The van der Waals surface area contributed by atoms with E-state index >= 15 is 0 Å². The van der Waals surface area contributed by atoms with Crippen LogP contribution in [0.5, 0.6) is 0 Å². The molecule has 1 amide bonds. The summed E-state index contributed by atoms with van der Waals surface area (Å²) in [4.78, 5) is 12.3. The molecule has 1 N–H and O–H groups in total. The van der Waals surface area contributed by atoms with Gasteiger partial charge in [0.25, 0.3) is 5.91 Å². The Morgan fingerprint density at radius 3 is 2.85 bits per heavy atom. The maximum Gasteiger partial charge on any atom is 0.251 e. The lowest BCUT2D eigenvalue weighted by Gasteiger charge is -2.24. The first-order valence-electron chi connectivity index (χ1n) is 7.72. The molecule has 0 bridgehead atoms. The number of carbonyl (C=O) groups excluding carboxylic acids is 1. The van der Waals surface area contributed by atoms with Gasteiger partial charge in [-0.25, -0.2) is 0 Å². The second-order valence-electron chi connectivity index (χ2n) is 5.63. The number of fused-ring (bicyclic) bond motifs is 1. The summed E-state index contributed by atoms with van der Waals surface area (Å²) in [5, 5.41) is 2.93. The van der Waals surface area contributed by atoms with Crippen molar-refractivity contribution in [2.24, 2.45) is 5.92 Å². The van der Waals surface area contributed by atoms with E-state index in [1.54, 1.807) is 0 Å². The van der Waals surface area contributed by atoms with E-state index in [1.165, 1.54) is 36.8 Å². The molecule has 1 aromatic rings. The number of hydrogen-bond acceptors (Lipinski definition) is 1. The van der Waals surface area contributed by atoms with Gasteiger partial charge in [-0.05, 0) is 36.0 Å². The summed E-state index contributed by atoms with van der Waals surface area (Å²) in [6, 6.07) is 6.40. The van der Waals surface area contributed by atoms with Crippen LogP contribution in [-0.4, -0.2) is 12.5 Å². The van der Waals surface area contributed by atoms with Crippen LogP contribution in [0.25, 0.3) is 0 Å². The van der Waals surface area contributed by atoms with Crippen molar-refractivity contribution in [3.8, 4) is 0 Å². The third kappa shape index (κ3) is 3.43. The van der Waals surface area contributed by atoms with Gasteiger partial charge in [0.05, 0.1) is 0 Å². The van der Waals surface area contributed by atoms with Gasteiger partial charge in [-0.2, -0.15) is 0 Å². The number of amides is 1. The smallest absolute Gasteiger partial charge is 0.251 e. The third-order valence-corrected chi connectivity index (χ3v) is 5.52. The van der Waals surface area contributed by atoms with E-state index < -0.39 is 0 Å². The summed E-state index contributed by atoms with van der Waals surface area (Å²) in [5.41, 5.74) is 3.28. The number of rotatable bonds is 6. The molecule has 0 radical (unpaired) electrons. The maximum atomic E-state index is 11.9. The Bertz CT molecular complexity index is 472. The van der Waals surface area contributed by atoms with E-state index in [4.69, 9.17) is 0 Å². The van der Waals surface area contributed by atoms with Crippen LogP contribution in [0.3, 0.4) is 0 Å². The summed E-state index contributed by atoms with van der Waals surface area (Å²) in [6.07, 6.45) is 5.86. The van der Waals surface area contributed by atoms with Crippen molar-refractivity contribution < 1.29 is 4.79 Å². The summed E-state index contributed by atoms with van der Waals surface area (Å²) in [6.45, 7) is 5.25. The Kier molecular flexibility index (Phi) is 5.64. The fourth-order valence-corrected chi connectivity index (χ4v) is 3.82. The molecule has 1 heterocycles. The Morgan fingerprint density at radius 1 is 1.35 bits per heavy atom. The number of nitrogens with one attached hydrogen (secondary N) is 1. The molecule has 1 aliphatic rings. The average Bonchev–Trinajstić information content (AvgIpc) is 2.48. The van der Waals surface area contributed by atoms with Crippen LogP contribution < -0.4 is 5.32 Å². The Balaban J connectivity index is 2.19. The van der Waals surface area contributed by atoms with E-state index in [0.717, 1.165) is 18.5 Å². The SMILES string of the molecule is CCCCC(CC)C(Br)c1ccc2c(c1)C(=O)NCC2. The highest BCUT2D eigenvalue weighted by Gasteiger charge is 2.22. The number of alkyl halides is 1. The van der Waals surface area contributed by atoms with E-state index in [9.17, 15) is 4.79 Å². The lowest BCUT2D eigenvalue weighted by molar-refractivity contribution is 0.0946. The molecule has 110 valence electrons. The van der Waals surface area contributed by atoms with Crippen LogP contribution in [0.2, 0.25) is 0 Å². The lowest BCUT2D eigenvalue weighted by Crippen LogP contribution is -2.31. The van der Waals surface area contributed by atoms with Gasteiger partial charge >= 0.3 is 0 Å². The van der Waals surface area contributed by atoms with Crippen LogP contribution in [0, 0.1) is 5.92 Å². The normalized spacial score (nSPS) is 17.2. The first-order valence-corrected chi connectivity index (χ1v) is 8.64. The second kappa shape index (κ2) is 7.26. The van der Waals surface area contributed by atoms with Gasteiger partial charge < -0.3 is 5.32 Å². The Labute approximate surface area is 130 Å². The van der Waals surface area contributed by atoms with E-state index in [1.807, 2.05) is 0 Å². The predicted molar refractivity (Wildman–Crippen MR) is 87.5 cm³/mol. The zero-order valence-electron chi connectivity index (χ0n) is 12.4. The van der Waals surface area contributed by atoms with Gasteiger partial charge in [-0.15, -0.1) is 0 Å². The summed E-state index contributed by atoms with van der Waals surface area (Å²) in [5.74, 6) is 0.717. The molecule has 2 nitrogen and oxygen atoms in total. The molecule has 20 heavy (non-hydrogen) atoms. The highest BCUT2D eigenvalue weighted by atomic mass is 79.9. The van der Waals surface area contributed by atoms with Gasteiger partial charge in [0.1, 0.15) is 0 Å². The van der Waals surface area contributed by atoms with Gasteiger partial charge in [-0.1, -0.05) is 61.2 Å². The molecule has 2 unspecified atom stereocenters. The average molecular weight is 338 g/mol. The first-order chi connectivity index (χ1) is 9.67. The minimum atomic E-state index is 0.0782. The quantitative estimate of drug-likeness (QED) is 0.753. The van der Waals surface area contributed by atoms with E-state index in [2.05, 4.69) is 53.3 Å². The van der Waals surface area contributed by atoms with Crippen molar-refractivity contribution in [3.63, 3.8) is 0 Å². The number of hydrogen-bond donors (Lipinski definition) is 1. The second-order valence-corrected chi connectivity index (χ2v) is 6.62. The Hall–Kier alpha value is -0.830. The molecule has 3 heteroatoms. The highest BCUT2D eigenvalue weighted by molar-refractivity contribution is 9.09. The van der Waals surface area contributed by atoms with Crippen LogP contribution in [0.1, 0.15) is 65.8 Å². The molecule has 0 saturated heterocycles. The lowest BCUT2D eigenvalue weighted by atomic mass is 9.89. The number of benzene rings is 1. The topological polar surface area (TPSA) is 29.1 Å². The van der Waals surface area contributed by atoms with E-state index in [-0.39, 0.29) is 5.91 Å². The maximum absolute atomic E-state index is 11.9. The molecule has 2 atom stereocenters. The third-order valence-electron chi connectivity index (χ3n) is 4.24. The minimum absolute atomic E-state index is 0.0782.